The second-order valence-corrected chi connectivity index (χ2v) is 10.9. The summed E-state index contributed by atoms with van der Waals surface area (Å²) in [5.74, 6) is 0.297. The number of halogens is 2. The summed E-state index contributed by atoms with van der Waals surface area (Å²) >= 11 is 12.8. The van der Waals surface area contributed by atoms with Crippen LogP contribution in [0.25, 0.3) is 0 Å². The van der Waals surface area contributed by atoms with Gasteiger partial charge in [0.2, 0.25) is 0 Å². The fraction of sp³-hybridized carbons (Fsp3) is 0.480. The van der Waals surface area contributed by atoms with E-state index in [1.807, 2.05) is 20.0 Å². The Labute approximate surface area is 209 Å². The number of hydrogen-bond donors (Lipinski definition) is 2. The van der Waals surface area contributed by atoms with Gasteiger partial charge in [-0.25, -0.2) is 0 Å². The molecule has 1 saturated heterocycles. The number of nitrogens with zero attached hydrogens (tertiary/aromatic N) is 1. The Morgan fingerprint density at radius 2 is 1.97 bits per heavy atom. The lowest BCUT2D eigenvalue weighted by Crippen LogP contribution is -2.44. The van der Waals surface area contributed by atoms with Gasteiger partial charge in [-0.2, -0.15) is 0 Å². The number of benzene rings is 2. The van der Waals surface area contributed by atoms with Crippen LogP contribution < -0.4 is 10.6 Å². The summed E-state index contributed by atoms with van der Waals surface area (Å²) in [6.45, 7) is 7.05. The van der Waals surface area contributed by atoms with Crippen LogP contribution in [0.1, 0.15) is 53.7 Å². The Bertz CT molecular complexity index is 1020. The summed E-state index contributed by atoms with van der Waals surface area (Å²) in [5, 5.41) is 7.50. The molecule has 1 fully saturated rings. The van der Waals surface area contributed by atoms with Crippen LogP contribution in [0.3, 0.4) is 0 Å². The van der Waals surface area contributed by atoms with Crippen molar-refractivity contribution >= 4 is 39.9 Å². The van der Waals surface area contributed by atoms with Gasteiger partial charge in [-0.1, -0.05) is 37.0 Å². The molecule has 1 unspecified atom stereocenters. The lowest BCUT2D eigenvalue weighted by Gasteiger charge is -2.33. The number of rotatable bonds is 9. The highest BCUT2D eigenvalue weighted by atomic mass is 35.5. The van der Waals surface area contributed by atoms with E-state index in [0.29, 0.717) is 32.3 Å². The van der Waals surface area contributed by atoms with Crippen LogP contribution in [0.4, 0.5) is 0 Å². The molecule has 2 aromatic carbocycles. The predicted molar refractivity (Wildman–Crippen MR) is 138 cm³/mol. The number of carbonyl (C=O) groups is 1. The number of likely N-dealkylation sites (tertiary alicyclic amines) is 1. The van der Waals surface area contributed by atoms with Crippen LogP contribution in [0.2, 0.25) is 10.0 Å². The monoisotopic (exact) mass is 509 g/mol. The second-order valence-electron chi connectivity index (χ2n) is 8.38. The van der Waals surface area contributed by atoms with Crippen molar-refractivity contribution in [3.63, 3.8) is 0 Å². The van der Waals surface area contributed by atoms with Crippen molar-refractivity contribution in [2.75, 3.05) is 25.9 Å². The maximum Gasteiger partial charge on any atom is 0.251 e. The number of carbonyl (C=O) groups excluding carboxylic acids is 1. The molecule has 2 N–H and O–H groups in total. The smallest absolute Gasteiger partial charge is 0.251 e. The van der Waals surface area contributed by atoms with Gasteiger partial charge in [-0.15, -0.1) is 0 Å². The van der Waals surface area contributed by atoms with Crippen molar-refractivity contribution in [3.05, 3.63) is 62.6 Å². The van der Waals surface area contributed by atoms with Crippen LogP contribution >= 0.6 is 23.2 Å². The fourth-order valence-corrected chi connectivity index (χ4v) is 5.76. The van der Waals surface area contributed by atoms with Gasteiger partial charge in [0.05, 0.1) is 10.8 Å². The van der Waals surface area contributed by atoms with Gasteiger partial charge in [-0.3, -0.25) is 13.9 Å². The quantitative estimate of drug-likeness (QED) is 0.509. The van der Waals surface area contributed by atoms with Crippen LogP contribution in [-0.2, 0) is 30.3 Å². The highest BCUT2D eigenvalue weighted by Gasteiger charge is 2.21. The van der Waals surface area contributed by atoms with Crippen molar-refractivity contribution in [2.24, 2.45) is 0 Å². The molecule has 0 aromatic heterocycles. The molecule has 2 atom stereocenters. The summed E-state index contributed by atoms with van der Waals surface area (Å²) in [6, 6.07) is 9.46. The van der Waals surface area contributed by atoms with Gasteiger partial charge in [0.25, 0.3) is 5.91 Å². The van der Waals surface area contributed by atoms with E-state index in [1.165, 1.54) is 12.8 Å². The van der Waals surface area contributed by atoms with Gasteiger partial charge in [0, 0.05) is 51.9 Å². The number of aryl methyl sites for hydroxylation is 1. The molecule has 180 valence electrons. The maximum atomic E-state index is 13.0. The Hall–Kier alpha value is -1.44. The molecule has 5 nitrogen and oxygen atoms in total. The number of amides is 1. The van der Waals surface area contributed by atoms with Crippen LogP contribution in [0.15, 0.2) is 35.2 Å². The first-order chi connectivity index (χ1) is 15.9. The van der Waals surface area contributed by atoms with E-state index in [1.54, 1.807) is 24.3 Å². The molecule has 1 aliphatic heterocycles. The van der Waals surface area contributed by atoms with Gasteiger partial charge >= 0.3 is 0 Å². The van der Waals surface area contributed by atoms with Gasteiger partial charge < -0.3 is 10.6 Å². The third-order valence-electron chi connectivity index (χ3n) is 6.20. The zero-order valence-corrected chi connectivity index (χ0v) is 21.9. The van der Waals surface area contributed by atoms with E-state index in [-0.39, 0.29) is 12.5 Å². The SMILES string of the molecule is CCc1cc(C(=O)NCc2cc(Cl)ccc2S(=O)CC)cc(Cl)c1CN1CCC[C@H](NC)C1. The van der Waals surface area contributed by atoms with Crippen molar-refractivity contribution < 1.29 is 9.00 Å². The predicted octanol–water partition coefficient (Wildman–Crippen LogP) is 4.80. The summed E-state index contributed by atoms with van der Waals surface area (Å²) in [6.07, 6.45) is 3.16. The summed E-state index contributed by atoms with van der Waals surface area (Å²) in [7, 11) is 0.883. The van der Waals surface area contributed by atoms with Crippen LogP contribution in [0, 0.1) is 0 Å². The molecule has 8 heteroatoms. The third-order valence-corrected chi connectivity index (χ3v) is 8.18. The summed E-state index contributed by atoms with van der Waals surface area (Å²) in [5.41, 5.74) is 3.49. The number of piperidine rings is 1. The van der Waals surface area contributed by atoms with Gasteiger partial charge in [0.15, 0.2) is 0 Å². The van der Waals surface area contributed by atoms with Gasteiger partial charge in [0.1, 0.15) is 0 Å². The highest BCUT2D eigenvalue weighted by Crippen LogP contribution is 2.27. The summed E-state index contributed by atoms with van der Waals surface area (Å²) in [4.78, 5) is 16.1. The lowest BCUT2D eigenvalue weighted by atomic mass is 9.99. The normalized spacial score (nSPS) is 17.7. The molecular weight excluding hydrogens is 477 g/mol. The molecule has 0 spiro atoms. The maximum absolute atomic E-state index is 13.0. The first-order valence-electron chi connectivity index (χ1n) is 11.5. The fourth-order valence-electron chi connectivity index (χ4n) is 4.32. The standard InChI is InChI=1S/C25H33Cl2N3O2S/c1-4-17-11-18(13-23(27)22(17)16-30-10-6-7-21(15-30)28-3)25(31)29-14-19-12-20(26)8-9-24(19)33(32)5-2/h8-9,11-13,21,28H,4-7,10,14-16H2,1-3H3,(H,29,31)/t21-,33?/m0/s1. The molecule has 1 amide bonds. The largest absolute Gasteiger partial charge is 0.348 e. The van der Waals surface area contributed by atoms with Crippen molar-refractivity contribution in [2.45, 2.75) is 57.1 Å². The zero-order chi connectivity index (χ0) is 24.0. The van der Waals surface area contributed by atoms with Gasteiger partial charge in [-0.05, 0) is 79.9 Å². The van der Waals surface area contributed by atoms with Crippen molar-refractivity contribution in [1.29, 1.82) is 0 Å². The molecule has 0 saturated carbocycles. The molecule has 33 heavy (non-hydrogen) atoms. The molecule has 0 bridgehead atoms. The molecule has 1 heterocycles. The van der Waals surface area contributed by atoms with E-state index in [2.05, 4.69) is 22.5 Å². The zero-order valence-electron chi connectivity index (χ0n) is 19.5. The molecule has 2 aromatic rings. The Balaban J connectivity index is 1.75. The molecule has 3 rings (SSSR count). The number of hydrogen-bond acceptors (Lipinski definition) is 4. The van der Waals surface area contributed by atoms with Crippen molar-refractivity contribution in [1.82, 2.24) is 15.5 Å². The Morgan fingerprint density at radius 3 is 2.67 bits per heavy atom. The average Bonchev–Trinajstić information content (AvgIpc) is 2.83. The Morgan fingerprint density at radius 1 is 1.18 bits per heavy atom. The Kier molecular flexibility index (Phi) is 9.77. The first kappa shape index (κ1) is 26.2. The lowest BCUT2D eigenvalue weighted by molar-refractivity contribution is 0.0950. The minimum atomic E-state index is -1.13. The first-order valence-corrected chi connectivity index (χ1v) is 13.6. The molecular formula is C25H33Cl2N3O2S. The molecule has 0 radical (unpaired) electrons. The van der Waals surface area contributed by atoms with Crippen LogP contribution in [-0.4, -0.2) is 46.9 Å². The third kappa shape index (κ3) is 6.80. The number of likely N-dealkylation sites (N-methyl/N-ethyl adjacent to an activating group) is 1. The highest BCUT2D eigenvalue weighted by molar-refractivity contribution is 7.85. The van der Waals surface area contributed by atoms with E-state index >= 15 is 0 Å². The molecule has 1 aliphatic rings. The van der Waals surface area contributed by atoms with E-state index in [9.17, 15) is 9.00 Å². The van der Waals surface area contributed by atoms with Crippen LogP contribution in [0.5, 0.6) is 0 Å². The van der Waals surface area contributed by atoms with E-state index in [0.717, 1.165) is 42.7 Å². The number of nitrogens with one attached hydrogen (secondary N) is 2. The van der Waals surface area contributed by atoms with Crippen molar-refractivity contribution in [3.8, 4) is 0 Å². The minimum Gasteiger partial charge on any atom is -0.348 e. The van der Waals surface area contributed by atoms with E-state index in [4.69, 9.17) is 23.2 Å². The topological polar surface area (TPSA) is 61.4 Å². The minimum absolute atomic E-state index is 0.209. The summed E-state index contributed by atoms with van der Waals surface area (Å²) < 4.78 is 12.4. The van der Waals surface area contributed by atoms with E-state index < -0.39 is 10.8 Å². The molecule has 0 aliphatic carbocycles. The average molecular weight is 511 g/mol. The second kappa shape index (κ2) is 12.3.